The molecule has 0 spiro atoms. The molecular formula is C30H40N2O6. The van der Waals surface area contributed by atoms with Crippen molar-refractivity contribution in [2.75, 3.05) is 17.3 Å². The van der Waals surface area contributed by atoms with Gasteiger partial charge in [-0.2, -0.15) is 0 Å². The van der Waals surface area contributed by atoms with Crippen molar-refractivity contribution in [2.24, 2.45) is 11.8 Å². The lowest BCUT2D eigenvalue weighted by Crippen LogP contribution is -2.43. The van der Waals surface area contributed by atoms with Gasteiger partial charge in [-0.1, -0.05) is 6.92 Å². The highest BCUT2D eigenvalue weighted by molar-refractivity contribution is 6.04. The quantitative estimate of drug-likeness (QED) is 0.386. The summed E-state index contributed by atoms with van der Waals surface area (Å²) in [6.45, 7) is 11.5. The first kappa shape index (κ1) is 29.0. The Morgan fingerprint density at radius 1 is 0.947 bits per heavy atom. The van der Waals surface area contributed by atoms with E-state index in [1.54, 1.807) is 68.1 Å². The lowest BCUT2D eigenvalue weighted by atomic mass is 9.82. The van der Waals surface area contributed by atoms with E-state index in [0.29, 0.717) is 28.8 Å². The summed E-state index contributed by atoms with van der Waals surface area (Å²) in [5, 5.41) is 2.68. The molecule has 2 aromatic rings. The van der Waals surface area contributed by atoms with Gasteiger partial charge >= 0.3 is 12.1 Å². The molecule has 0 atom stereocenters. The van der Waals surface area contributed by atoms with E-state index in [2.05, 4.69) is 12.2 Å². The molecule has 2 amide bonds. The van der Waals surface area contributed by atoms with Crippen LogP contribution in [0.5, 0.6) is 11.5 Å². The van der Waals surface area contributed by atoms with E-state index in [0.717, 1.165) is 25.7 Å². The van der Waals surface area contributed by atoms with Gasteiger partial charge in [0.2, 0.25) is 5.91 Å². The number of anilines is 2. The minimum absolute atomic E-state index is 0.0406. The number of esters is 1. The van der Waals surface area contributed by atoms with Crippen LogP contribution in [-0.4, -0.2) is 36.7 Å². The number of nitrogens with one attached hydrogen (secondary N) is 1. The fraction of sp³-hybridized carbons (Fsp3) is 0.500. The Labute approximate surface area is 225 Å². The SMILES string of the molecule is COC(=O)c1cc(Oc2ccc(NC(=O)OC(C)(C)C)cc2)ccc1N(C(=O)[C@H]1CC[C@H](C)CC1)C(C)C. The first-order valence-electron chi connectivity index (χ1n) is 13.2. The normalized spacial score (nSPS) is 17.5. The number of rotatable bonds is 7. The topological polar surface area (TPSA) is 94.2 Å². The van der Waals surface area contributed by atoms with E-state index < -0.39 is 17.7 Å². The molecule has 2 aromatic carbocycles. The predicted molar refractivity (Wildman–Crippen MR) is 148 cm³/mol. The highest BCUT2D eigenvalue weighted by atomic mass is 16.6. The molecule has 8 heteroatoms. The van der Waals surface area contributed by atoms with Crippen LogP contribution < -0.4 is 15.0 Å². The Kier molecular flexibility index (Phi) is 9.41. The number of carbonyl (C=O) groups is 3. The molecular weight excluding hydrogens is 484 g/mol. The van der Waals surface area contributed by atoms with E-state index in [1.807, 2.05) is 13.8 Å². The number of ether oxygens (including phenoxy) is 3. The second kappa shape index (κ2) is 12.3. The predicted octanol–water partition coefficient (Wildman–Crippen LogP) is 7.18. The molecule has 8 nitrogen and oxygen atoms in total. The fourth-order valence-electron chi connectivity index (χ4n) is 4.58. The number of hydrogen-bond donors (Lipinski definition) is 1. The second-order valence-electron chi connectivity index (χ2n) is 11.2. The minimum atomic E-state index is -0.596. The van der Waals surface area contributed by atoms with Crippen molar-refractivity contribution in [3.63, 3.8) is 0 Å². The molecule has 0 radical (unpaired) electrons. The van der Waals surface area contributed by atoms with Crippen molar-refractivity contribution < 1.29 is 28.6 Å². The summed E-state index contributed by atoms with van der Waals surface area (Å²) in [5.74, 6) is 1.01. The van der Waals surface area contributed by atoms with Crippen molar-refractivity contribution in [1.82, 2.24) is 0 Å². The molecule has 1 saturated carbocycles. The van der Waals surface area contributed by atoms with Crippen LogP contribution in [0.15, 0.2) is 42.5 Å². The Morgan fingerprint density at radius 3 is 2.11 bits per heavy atom. The van der Waals surface area contributed by atoms with Gasteiger partial charge in [0.1, 0.15) is 17.1 Å². The number of nitrogens with zero attached hydrogens (tertiary/aromatic N) is 1. The van der Waals surface area contributed by atoms with Gasteiger partial charge in [0.25, 0.3) is 0 Å². The van der Waals surface area contributed by atoms with Gasteiger partial charge in [0.15, 0.2) is 0 Å². The number of benzene rings is 2. The molecule has 0 saturated heterocycles. The highest BCUT2D eigenvalue weighted by Crippen LogP contribution is 2.35. The van der Waals surface area contributed by atoms with Crippen LogP contribution in [0.2, 0.25) is 0 Å². The van der Waals surface area contributed by atoms with Crippen LogP contribution in [-0.2, 0) is 14.3 Å². The highest BCUT2D eigenvalue weighted by Gasteiger charge is 2.32. The Morgan fingerprint density at radius 2 is 1.55 bits per heavy atom. The molecule has 0 unspecified atom stereocenters. The van der Waals surface area contributed by atoms with Gasteiger partial charge in [0, 0.05) is 17.6 Å². The van der Waals surface area contributed by atoms with E-state index in [1.165, 1.54) is 7.11 Å². The van der Waals surface area contributed by atoms with Crippen LogP contribution >= 0.6 is 0 Å². The molecule has 1 aliphatic carbocycles. The van der Waals surface area contributed by atoms with Crippen molar-refractivity contribution in [1.29, 1.82) is 0 Å². The van der Waals surface area contributed by atoms with Gasteiger partial charge in [-0.25, -0.2) is 9.59 Å². The lowest BCUT2D eigenvalue weighted by molar-refractivity contribution is -0.123. The maximum atomic E-state index is 13.6. The number of amides is 2. The minimum Gasteiger partial charge on any atom is -0.465 e. The van der Waals surface area contributed by atoms with Gasteiger partial charge in [-0.05, 0) is 109 Å². The maximum absolute atomic E-state index is 13.6. The third kappa shape index (κ3) is 7.73. The van der Waals surface area contributed by atoms with Crippen molar-refractivity contribution in [2.45, 2.75) is 78.9 Å². The van der Waals surface area contributed by atoms with Crippen molar-refractivity contribution in [3.8, 4) is 11.5 Å². The largest absolute Gasteiger partial charge is 0.465 e. The third-order valence-corrected chi connectivity index (χ3v) is 6.49. The zero-order valence-corrected chi connectivity index (χ0v) is 23.5. The molecule has 0 aliphatic heterocycles. The summed E-state index contributed by atoms with van der Waals surface area (Å²) in [7, 11) is 1.32. The van der Waals surface area contributed by atoms with E-state index in [-0.39, 0.29) is 23.4 Å². The van der Waals surface area contributed by atoms with Crippen molar-refractivity contribution >= 4 is 29.3 Å². The molecule has 0 bridgehead atoms. The Bertz CT molecular complexity index is 1130. The zero-order chi connectivity index (χ0) is 28.0. The molecule has 1 aliphatic rings. The van der Waals surface area contributed by atoms with Crippen LogP contribution in [0.1, 0.15) is 77.6 Å². The standard InChI is InChI=1S/C30H40N2O6/c1-19(2)32(27(33)21-10-8-20(3)9-11-21)26-17-16-24(18-25(26)28(34)36-7)37-23-14-12-22(13-15-23)31-29(35)38-30(4,5)6/h12-21H,8-11H2,1-7H3,(H,31,35)/t20-,21-. The summed E-state index contributed by atoms with van der Waals surface area (Å²) < 4.78 is 16.3. The van der Waals surface area contributed by atoms with E-state index >= 15 is 0 Å². The fourth-order valence-corrected chi connectivity index (χ4v) is 4.58. The van der Waals surface area contributed by atoms with E-state index in [4.69, 9.17) is 14.2 Å². The van der Waals surface area contributed by atoms with Gasteiger partial charge in [-0.15, -0.1) is 0 Å². The summed E-state index contributed by atoms with van der Waals surface area (Å²) in [5.41, 5.74) is 0.737. The maximum Gasteiger partial charge on any atom is 0.412 e. The molecule has 38 heavy (non-hydrogen) atoms. The molecule has 1 N–H and O–H groups in total. The van der Waals surface area contributed by atoms with Crippen LogP contribution in [0.3, 0.4) is 0 Å². The van der Waals surface area contributed by atoms with Crippen LogP contribution in [0.4, 0.5) is 16.2 Å². The van der Waals surface area contributed by atoms with Crippen molar-refractivity contribution in [3.05, 3.63) is 48.0 Å². The molecule has 0 heterocycles. The summed E-state index contributed by atoms with van der Waals surface area (Å²) in [6, 6.07) is 11.7. The summed E-state index contributed by atoms with van der Waals surface area (Å²) in [6.07, 6.45) is 3.24. The first-order valence-corrected chi connectivity index (χ1v) is 13.2. The first-order chi connectivity index (χ1) is 17.9. The lowest BCUT2D eigenvalue weighted by Gasteiger charge is -2.34. The zero-order valence-electron chi connectivity index (χ0n) is 23.5. The Hall–Kier alpha value is -3.55. The average molecular weight is 525 g/mol. The van der Waals surface area contributed by atoms with E-state index in [9.17, 15) is 14.4 Å². The average Bonchev–Trinajstić information content (AvgIpc) is 2.84. The molecule has 1 fully saturated rings. The Balaban J connectivity index is 1.81. The number of carbonyl (C=O) groups excluding carboxylic acids is 3. The number of methoxy groups -OCH3 is 1. The third-order valence-electron chi connectivity index (χ3n) is 6.49. The summed E-state index contributed by atoms with van der Waals surface area (Å²) >= 11 is 0. The van der Waals surface area contributed by atoms with Crippen LogP contribution in [0.25, 0.3) is 0 Å². The summed E-state index contributed by atoms with van der Waals surface area (Å²) in [4.78, 5) is 40.1. The van der Waals surface area contributed by atoms with Crippen LogP contribution in [0, 0.1) is 11.8 Å². The molecule has 3 rings (SSSR count). The molecule has 206 valence electrons. The van der Waals surface area contributed by atoms with Gasteiger partial charge in [0.05, 0.1) is 18.4 Å². The molecule has 0 aromatic heterocycles. The smallest absolute Gasteiger partial charge is 0.412 e. The van der Waals surface area contributed by atoms with Gasteiger partial charge < -0.3 is 19.1 Å². The monoisotopic (exact) mass is 524 g/mol. The van der Waals surface area contributed by atoms with Gasteiger partial charge in [-0.3, -0.25) is 10.1 Å². The second-order valence-corrected chi connectivity index (χ2v) is 11.2. The number of hydrogen-bond acceptors (Lipinski definition) is 6.